The summed E-state index contributed by atoms with van der Waals surface area (Å²) in [4.78, 5) is 38.0. The zero-order valence-corrected chi connectivity index (χ0v) is 49.1. The van der Waals surface area contributed by atoms with E-state index in [9.17, 15) is 14.4 Å². The summed E-state index contributed by atoms with van der Waals surface area (Å²) in [6.07, 6.45) is 80.9. The highest BCUT2D eigenvalue weighted by molar-refractivity contribution is 5.71. The lowest BCUT2D eigenvalue weighted by atomic mass is 10.0. The molecule has 0 fully saturated rings. The Morgan fingerprint density at radius 1 is 0.284 bits per heavy atom. The van der Waals surface area contributed by atoms with E-state index in [2.05, 4.69) is 93.7 Å². The van der Waals surface area contributed by atoms with Crippen LogP contribution in [-0.4, -0.2) is 37.2 Å². The Hall–Kier alpha value is -3.15. The van der Waals surface area contributed by atoms with Crippen molar-refractivity contribution in [1.82, 2.24) is 0 Å². The molecule has 0 aliphatic carbocycles. The topological polar surface area (TPSA) is 78.9 Å². The molecule has 0 spiro atoms. The second-order valence-corrected chi connectivity index (χ2v) is 21.3. The predicted octanol–water partition coefficient (Wildman–Crippen LogP) is 21.7. The number of hydrogen-bond acceptors (Lipinski definition) is 6. The molecule has 0 aromatic heterocycles. The summed E-state index contributed by atoms with van der Waals surface area (Å²) in [7, 11) is 0. The summed E-state index contributed by atoms with van der Waals surface area (Å²) >= 11 is 0. The lowest BCUT2D eigenvalue weighted by Gasteiger charge is -2.18. The van der Waals surface area contributed by atoms with Crippen LogP contribution in [0.25, 0.3) is 0 Å². The van der Waals surface area contributed by atoms with Gasteiger partial charge in [0.25, 0.3) is 0 Å². The molecule has 0 amide bonds. The fourth-order valence-corrected chi connectivity index (χ4v) is 9.21. The van der Waals surface area contributed by atoms with Crippen molar-refractivity contribution in [2.75, 3.05) is 13.2 Å². The molecule has 1 atom stereocenters. The maximum Gasteiger partial charge on any atom is 0.306 e. The summed E-state index contributed by atoms with van der Waals surface area (Å²) in [6.45, 7) is 6.50. The van der Waals surface area contributed by atoms with E-state index in [1.54, 1.807) is 0 Å². The molecule has 0 rings (SSSR count). The van der Waals surface area contributed by atoms with Crippen LogP contribution in [0.3, 0.4) is 0 Å². The van der Waals surface area contributed by atoms with Gasteiger partial charge in [0.1, 0.15) is 13.2 Å². The van der Waals surface area contributed by atoms with Crippen LogP contribution < -0.4 is 0 Å². The largest absolute Gasteiger partial charge is 0.462 e. The van der Waals surface area contributed by atoms with Crippen molar-refractivity contribution in [2.24, 2.45) is 0 Å². The zero-order chi connectivity index (χ0) is 53.6. The first-order chi connectivity index (χ1) is 36.5. The monoisotopic (exact) mass is 1030 g/mol. The van der Waals surface area contributed by atoms with Gasteiger partial charge in [0, 0.05) is 19.3 Å². The van der Waals surface area contributed by atoms with Gasteiger partial charge in [0.15, 0.2) is 6.10 Å². The van der Waals surface area contributed by atoms with Crippen LogP contribution in [0.4, 0.5) is 0 Å². The fraction of sp³-hybridized carbons (Fsp3) is 0.779. The second-order valence-electron chi connectivity index (χ2n) is 21.3. The Labute approximate surface area is 459 Å². The summed E-state index contributed by atoms with van der Waals surface area (Å²) < 4.78 is 16.8. The van der Waals surface area contributed by atoms with Crippen molar-refractivity contribution >= 4 is 17.9 Å². The van der Waals surface area contributed by atoms with Crippen LogP contribution in [-0.2, 0) is 28.6 Å². The lowest BCUT2D eigenvalue weighted by molar-refractivity contribution is -0.167. The first kappa shape index (κ1) is 70.8. The van der Waals surface area contributed by atoms with Gasteiger partial charge in [-0.25, -0.2) is 0 Å². The SMILES string of the molecule is CC/C=C\C/C=C\C/C=C\C/C=C\C/C=C\C/C=C\CCCCCCCCCCCCCCC(=O)OCC(COC(=O)CCCCCCCC)OC(=O)CCCCCCCCCCCCCCCCCCCCC. The van der Waals surface area contributed by atoms with Crippen molar-refractivity contribution in [3.63, 3.8) is 0 Å². The van der Waals surface area contributed by atoms with Crippen molar-refractivity contribution in [2.45, 2.75) is 329 Å². The van der Waals surface area contributed by atoms with Crippen molar-refractivity contribution in [3.8, 4) is 0 Å². The predicted molar refractivity (Wildman–Crippen MR) is 321 cm³/mol. The molecule has 0 saturated carbocycles. The summed E-state index contributed by atoms with van der Waals surface area (Å²) in [5, 5.41) is 0. The molecule has 428 valence electrons. The van der Waals surface area contributed by atoms with E-state index in [4.69, 9.17) is 14.2 Å². The van der Waals surface area contributed by atoms with Gasteiger partial charge in [-0.2, -0.15) is 0 Å². The molecule has 0 heterocycles. The first-order valence-electron chi connectivity index (χ1n) is 31.9. The van der Waals surface area contributed by atoms with E-state index < -0.39 is 6.10 Å². The molecule has 0 aliphatic heterocycles. The highest BCUT2D eigenvalue weighted by atomic mass is 16.6. The molecule has 0 bridgehead atoms. The zero-order valence-electron chi connectivity index (χ0n) is 49.1. The van der Waals surface area contributed by atoms with E-state index in [1.807, 2.05) is 0 Å². The fourth-order valence-electron chi connectivity index (χ4n) is 9.21. The maximum absolute atomic E-state index is 12.8. The molecule has 0 aromatic carbocycles. The molecule has 0 aliphatic rings. The molecule has 6 heteroatoms. The quantitative estimate of drug-likeness (QED) is 0.0261. The average Bonchev–Trinajstić information content (AvgIpc) is 3.40. The number of carbonyl (C=O) groups excluding carboxylic acids is 3. The standard InChI is InChI=1S/C68H120O6/c1-4-7-10-13-16-18-20-22-24-26-28-29-30-31-32-33-34-35-36-37-38-39-41-42-44-46-48-50-52-55-58-61-67(70)73-64-65(63-72-66(69)60-57-54-15-12-9-6-3)74-68(71)62-59-56-53-51-49-47-45-43-40-27-25-23-21-19-17-14-11-8-5-2/h7,10,16,18,22,24,28-29,31-32,34-35,65H,4-6,8-9,11-15,17,19-21,23,25-27,30,33,36-64H2,1-3H3/b10-7-,18-16-,24-22-,29-28-,32-31-,35-34-. The minimum atomic E-state index is -0.770. The summed E-state index contributed by atoms with van der Waals surface area (Å²) in [6, 6.07) is 0. The number of allylic oxidation sites excluding steroid dienone is 12. The molecular formula is C68H120O6. The highest BCUT2D eigenvalue weighted by Crippen LogP contribution is 2.17. The average molecular weight is 1030 g/mol. The molecule has 74 heavy (non-hydrogen) atoms. The molecule has 1 unspecified atom stereocenters. The minimum absolute atomic E-state index is 0.0715. The van der Waals surface area contributed by atoms with Crippen LogP contribution in [0.15, 0.2) is 72.9 Å². The highest BCUT2D eigenvalue weighted by Gasteiger charge is 2.19. The number of esters is 3. The minimum Gasteiger partial charge on any atom is -0.462 e. The van der Waals surface area contributed by atoms with E-state index in [0.29, 0.717) is 19.3 Å². The number of unbranched alkanes of at least 4 members (excludes halogenated alkanes) is 35. The van der Waals surface area contributed by atoms with Gasteiger partial charge < -0.3 is 14.2 Å². The Morgan fingerprint density at radius 2 is 0.527 bits per heavy atom. The number of ether oxygens (including phenoxy) is 3. The van der Waals surface area contributed by atoms with Crippen LogP contribution in [0.1, 0.15) is 323 Å². The summed E-state index contributed by atoms with van der Waals surface area (Å²) in [5.74, 6) is -0.867. The van der Waals surface area contributed by atoms with Crippen molar-refractivity contribution < 1.29 is 28.6 Å². The third-order valence-electron chi connectivity index (χ3n) is 14.0. The van der Waals surface area contributed by atoms with Crippen molar-refractivity contribution in [3.05, 3.63) is 72.9 Å². The number of carbonyl (C=O) groups is 3. The van der Waals surface area contributed by atoms with E-state index in [-0.39, 0.29) is 31.1 Å². The van der Waals surface area contributed by atoms with Crippen LogP contribution >= 0.6 is 0 Å². The smallest absolute Gasteiger partial charge is 0.306 e. The van der Waals surface area contributed by atoms with Gasteiger partial charge in [-0.1, -0.05) is 306 Å². The normalized spacial score (nSPS) is 12.5. The first-order valence-corrected chi connectivity index (χ1v) is 31.9. The Bertz CT molecular complexity index is 1370. The maximum atomic E-state index is 12.8. The molecule has 0 radical (unpaired) electrons. The van der Waals surface area contributed by atoms with Crippen LogP contribution in [0.2, 0.25) is 0 Å². The van der Waals surface area contributed by atoms with Crippen LogP contribution in [0, 0.1) is 0 Å². The number of hydrogen-bond donors (Lipinski definition) is 0. The van der Waals surface area contributed by atoms with Gasteiger partial charge in [-0.3, -0.25) is 14.4 Å². The molecule has 0 N–H and O–H groups in total. The van der Waals surface area contributed by atoms with Crippen molar-refractivity contribution in [1.29, 1.82) is 0 Å². The molecular weight excluding hydrogens is 913 g/mol. The van der Waals surface area contributed by atoms with Gasteiger partial charge in [0.05, 0.1) is 0 Å². The third-order valence-corrected chi connectivity index (χ3v) is 14.0. The van der Waals surface area contributed by atoms with E-state index in [0.717, 1.165) is 96.3 Å². The second kappa shape index (κ2) is 62.4. The molecule has 0 aromatic rings. The van der Waals surface area contributed by atoms with Gasteiger partial charge in [-0.15, -0.1) is 0 Å². The molecule has 0 saturated heterocycles. The van der Waals surface area contributed by atoms with Crippen LogP contribution in [0.5, 0.6) is 0 Å². The van der Waals surface area contributed by atoms with Gasteiger partial charge in [0.2, 0.25) is 0 Å². The Balaban J connectivity index is 4.04. The Morgan fingerprint density at radius 3 is 0.824 bits per heavy atom. The number of rotatable bonds is 58. The summed E-state index contributed by atoms with van der Waals surface area (Å²) in [5.41, 5.74) is 0. The van der Waals surface area contributed by atoms with E-state index in [1.165, 1.54) is 186 Å². The van der Waals surface area contributed by atoms with Gasteiger partial charge >= 0.3 is 17.9 Å². The van der Waals surface area contributed by atoms with Gasteiger partial charge in [-0.05, 0) is 70.6 Å². The Kier molecular flexibility index (Phi) is 59.7. The third kappa shape index (κ3) is 59.7. The lowest BCUT2D eigenvalue weighted by Crippen LogP contribution is -2.30. The van der Waals surface area contributed by atoms with E-state index >= 15 is 0 Å². The molecule has 6 nitrogen and oxygen atoms in total.